The van der Waals surface area contributed by atoms with Crippen LogP contribution in [0.3, 0.4) is 0 Å². The molecule has 19 heavy (non-hydrogen) atoms. The highest BCUT2D eigenvalue weighted by Crippen LogP contribution is 2.38. The first-order valence-corrected chi connectivity index (χ1v) is 9.58. The number of ether oxygens (including phenoxy) is 1. The molecule has 0 amide bonds. The topological polar surface area (TPSA) is 21.3 Å². The van der Waals surface area contributed by atoms with E-state index in [2.05, 4.69) is 56.5 Å². The van der Waals surface area contributed by atoms with Gasteiger partial charge >= 0.3 is 0 Å². The molecule has 0 saturated carbocycles. The SMILES string of the molecule is CCCNC(C(C)CCOC)C1CSC(C)C(C)S1. The zero-order valence-corrected chi connectivity index (χ0v) is 14.8. The van der Waals surface area contributed by atoms with Gasteiger partial charge in [-0.3, -0.25) is 0 Å². The van der Waals surface area contributed by atoms with Gasteiger partial charge in [0.2, 0.25) is 0 Å². The molecule has 0 spiro atoms. The van der Waals surface area contributed by atoms with Crippen molar-refractivity contribution >= 4 is 23.5 Å². The van der Waals surface area contributed by atoms with Gasteiger partial charge in [0, 0.05) is 41.3 Å². The fraction of sp³-hybridized carbons (Fsp3) is 1.00. The first kappa shape index (κ1) is 17.7. The summed E-state index contributed by atoms with van der Waals surface area (Å²) in [5.74, 6) is 1.97. The summed E-state index contributed by atoms with van der Waals surface area (Å²) in [5, 5.41) is 6.10. The van der Waals surface area contributed by atoms with E-state index >= 15 is 0 Å². The van der Waals surface area contributed by atoms with Crippen molar-refractivity contribution in [2.24, 2.45) is 5.92 Å². The van der Waals surface area contributed by atoms with Crippen LogP contribution in [0, 0.1) is 5.92 Å². The highest BCUT2D eigenvalue weighted by molar-refractivity contribution is 8.07. The first-order chi connectivity index (χ1) is 9.10. The maximum atomic E-state index is 5.25. The zero-order chi connectivity index (χ0) is 14.3. The summed E-state index contributed by atoms with van der Waals surface area (Å²) >= 11 is 4.34. The van der Waals surface area contributed by atoms with Gasteiger partial charge in [-0.1, -0.05) is 27.7 Å². The summed E-state index contributed by atoms with van der Waals surface area (Å²) in [4.78, 5) is 0. The van der Waals surface area contributed by atoms with Crippen LogP contribution in [0.25, 0.3) is 0 Å². The molecule has 1 heterocycles. The van der Waals surface area contributed by atoms with E-state index in [0.717, 1.165) is 35.3 Å². The predicted octanol–water partition coefficient (Wildman–Crippen LogP) is 3.65. The Labute approximate surface area is 128 Å². The van der Waals surface area contributed by atoms with Crippen LogP contribution in [-0.2, 0) is 4.74 Å². The largest absolute Gasteiger partial charge is 0.385 e. The summed E-state index contributed by atoms with van der Waals surface area (Å²) < 4.78 is 5.25. The molecule has 2 nitrogen and oxygen atoms in total. The van der Waals surface area contributed by atoms with Crippen LogP contribution in [0.5, 0.6) is 0 Å². The molecule has 114 valence electrons. The van der Waals surface area contributed by atoms with Crippen molar-refractivity contribution in [1.82, 2.24) is 5.32 Å². The van der Waals surface area contributed by atoms with Crippen LogP contribution in [0.1, 0.15) is 40.5 Å². The third kappa shape index (κ3) is 5.86. The van der Waals surface area contributed by atoms with E-state index < -0.39 is 0 Å². The second kappa shape index (κ2) is 9.54. The molecule has 5 unspecified atom stereocenters. The lowest BCUT2D eigenvalue weighted by atomic mass is 9.96. The Balaban J connectivity index is 2.56. The fourth-order valence-corrected chi connectivity index (χ4v) is 5.75. The van der Waals surface area contributed by atoms with Crippen molar-refractivity contribution in [3.05, 3.63) is 0 Å². The van der Waals surface area contributed by atoms with E-state index in [0.29, 0.717) is 12.0 Å². The van der Waals surface area contributed by atoms with Crippen molar-refractivity contribution in [2.75, 3.05) is 26.0 Å². The highest BCUT2D eigenvalue weighted by Gasteiger charge is 2.33. The van der Waals surface area contributed by atoms with Crippen molar-refractivity contribution in [2.45, 2.75) is 62.3 Å². The van der Waals surface area contributed by atoms with Crippen molar-refractivity contribution in [3.63, 3.8) is 0 Å². The van der Waals surface area contributed by atoms with Gasteiger partial charge < -0.3 is 10.1 Å². The van der Waals surface area contributed by atoms with Gasteiger partial charge in [0.25, 0.3) is 0 Å². The molecule has 5 atom stereocenters. The average Bonchev–Trinajstić information content (AvgIpc) is 2.40. The van der Waals surface area contributed by atoms with Gasteiger partial charge in [-0.15, -0.1) is 0 Å². The van der Waals surface area contributed by atoms with Crippen molar-refractivity contribution < 1.29 is 4.74 Å². The van der Waals surface area contributed by atoms with Crippen LogP contribution < -0.4 is 5.32 Å². The molecule has 1 fully saturated rings. The van der Waals surface area contributed by atoms with E-state index in [1.807, 2.05) is 0 Å². The summed E-state index contributed by atoms with van der Waals surface area (Å²) in [6, 6.07) is 0.627. The summed E-state index contributed by atoms with van der Waals surface area (Å²) in [6.07, 6.45) is 2.37. The highest BCUT2D eigenvalue weighted by atomic mass is 32.2. The average molecular weight is 306 g/mol. The minimum Gasteiger partial charge on any atom is -0.385 e. The molecule has 1 aliphatic heterocycles. The number of hydrogen-bond acceptors (Lipinski definition) is 4. The summed E-state index contributed by atoms with van der Waals surface area (Å²) in [5.41, 5.74) is 0. The van der Waals surface area contributed by atoms with E-state index in [4.69, 9.17) is 4.74 Å². The van der Waals surface area contributed by atoms with Gasteiger partial charge in [0.05, 0.1) is 0 Å². The maximum Gasteiger partial charge on any atom is 0.0465 e. The standard InChI is InChI=1S/C15H31NOS2/c1-6-8-16-15(11(2)7-9-17-5)14-10-18-12(3)13(4)19-14/h11-16H,6-10H2,1-5H3. The number of rotatable bonds is 8. The van der Waals surface area contributed by atoms with Gasteiger partial charge in [-0.2, -0.15) is 23.5 Å². The van der Waals surface area contributed by atoms with Crippen LogP contribution in [-0.4, -0.2) is 47.8 Å². The van der Waals surface area contributed by atoms with Gasteiger partial charge in [-0.25, -0.2) is 0 Å². The van der Waals surface area contributed by atoms with Crippen molar-refractivity contribution in [1.29, 1.82) is 0 Å². The third-order valence-electron chi connectivity index (χ3n) is 3.99. The number of methoxy groups -OCH3 is 1. The third-order valence-corrected chi connectivity index (χ3v) is 7.51. The van der Waals surface area contributed by atoms with Crippen LogP contribution in [0.2, 0.25) is 0 Å². The van der Waals surface area contributed by atoms with Gasteiger partial charge in [-0.05, 0) is 25.3 Å². The molecule has 0 radical (unpaired) electrons. The number of thioether (sulfide) groups is 2. The lowest BCUT2D eigenvalue weighted by Gasteiger charge is -2.39. The lowest BCUT2D eigenvalue weighted by Crippen LogP contribution is -2.47. The molecular formula is C15H31NOS2. The molecule has 1 saturated heterocycles. The molecule has 1 N–H and O–H groups in total. The number of hydrogen-bond donors (Lipinski definition) is 1. The van der Waals surface area contributed by atoms with Crippen LogP contribution in [0.4, 0.5) is 0 Å². The van der Waals surface area contributed by atoms with E-state index in [1.54, 1.807) is 7.11 Å². The Morgan fingerprint density at radius 1 is 1.32 bits per heavy atom. The van der Waals surface area contributed by atoms with E-state index in [9.17, 15) is 0 Å². The summed E-state index contributed by atoms with van der Waals surface area (Å²) in [7, 11) is 1.80. The molecule has 0 aromatic rings. The fourth-order valence-electron chi connectivity index (χ4n) is 2.49. The Morgan fingerprint density at radius 2 is 2.05 bits per heavy atom. The van der Waals surface area contributed by atoms with Gasteiger partial charge in [0.15, 0.2) is 0 Å². The minimum atomic E-state index is 0.627. The Morgan fingerprint density at radius 3 is 2.63 bits per heavy atom. The van der Waals surface area contributed by atoms with E-state index in [-0.39, 0.29) is 0 Å². The van der Waals surface area contributed by atoms with Crippen LogP contribution >= 0.6 is 23.5 Å². The van der Waals surface area contributed by atoms with Crippen LogP contribution in [0.15, 0.2) is 0 Å². The second-order valence-corrected chi connectivity index (χ2v) is 8.69. The summed E-state index contributed by atoms with van der Waals surface area (Å²) in [6.45, 7) is 11.4. The smallest absolute Gasteiger partial charge is 0.0465 e. The molecular weight excluding hydrogens is 274 g/mol. The maximum absolute atomic E-state index is 5.25. The molecule has 0 aromatic heterocycles. The Bertz CT molecular complexity index is 240. The molecule has 0 aliphatic carbocycles. The van der Waals surface area contributed by atoms with E-state index in [1.165, 1.54) is 12.2 Å². The zero-order valence-electron chi connectivity index (χ0n) is 13.1. The quantitative estimate of drug-likeness (QED) is 0.738. The lowest BCUT2D eigenvalue weighted by molar-refractivity contribution is 0.170. The van der Waals surface area contributed by atoms with Gasteiger partial charge in [0.1, 0.15) is 0 Å². The Hall–Kier alpha value is 0.620. The minimum absolute atomic E-state index is 0.627. The molecule has 4 heteroatoms. The van der Waals surface area contributed by atoms with Crippen molar-refractivity contribution in [3.8, 4) is 0 Å². The molecule has 0 aromatic carbocycles. The monoisotopic (exact) mass is 305 g/mol. The molecule has 0 bridgehead atoms. The number of nitrogens with one attached hydrogen (secondary N) is 1. The normalized spacial score (nSPS) is 31.1. The molecule has 1 rings (SSSR count). The second-order valence-electron chi connectivity index (χ2n) is 5.66. The molecule has 1 aliphatic rings. The Kier molecular flexibility index (Phi) is 8.87. The first-order valence-electron chi connectivity index (χ1n) is 7.59. The predicted molar refractivity (Wildman–Crippen MR) is 90.5 cm³/mol.